The second-order valence-electron chi connectivity index (χ2n) is 5.64. The maximum Gasteiger partial charge on any atom is 0.331 e. The Morgan fingerprint density at radius 1 is 1.28 bits per heavy atom. The lowest BCUT2D eigenvalue weighted by Gasteiger charge is -2.43. The van der Waals surface area contributed by atoms with E-state index in [0.717, 1.165) is 25.0 Å². The van der Waals surface area contributed by atoms with Crippen LogP contribution in [0.4, 0.5) is 0 Å². The first-order chi connectivity index (χ1) is 8.72. The zero-order valence-corrected chi connectivity index (χ0v) is 11.4. The minimum Gasteiger partial charge on any atom is -0.478 e. The maximum atomic E-state index is 11.0. The van der Waals surface area contributed by atoms with E-state index in [-0.39, 0.29) is 0 Å². The van der Waals surface area contributed by atoms with Crippen LogP contribution in [0.5, 0.6) is 0 Å². The average Bonchev–Trinajstić information content (AvgIpc) is 2.39. The molecule has 3 heteroatoms. The van der Waals surface area contributed by atoms with Crippen LogP contribution in [0.25, 0.3) is 0 Å². The number of rotatable bonds is 4. The first-order valence-electron chi connectivity index (χ1n) is 7.38. The fourth-order valence-corrected chi connectivity index (χ4v) is 3.56. The molecule has 1 saturated carbocycles. The predicted octanol–water partition coefficient (Wildman–Crippen LogP) is 3.06. The van der Waals surface area contributed by atoms with E-state index >= 15 is 0 Å². The van der Waals surface area contributed by atoms with Crippen LogP contribution in [-0.4, -0.2) is 35.1 Å². The predicted molar refractivity (Wildman–Crippen MR) is 72.6 cm³/mol. The lowest BCUT2D eigenvalue weighted by Crippen LogP contribution is -2.46. The van der Waals surface area contributed by atoms with Gasteiger partial charge in [0.15, 0.2) is 0 Å². The van der Waals surface area contributed by atoms with Crippen molar-refractivity contribution in [2.75, 3.05) is 13.1 Å². The average molecular weight is 251 g/mol. The van der Waals surface area contributed by atoms with E-state index < -0.39 is 5.97 Å². The number of likely N-dealkylation sites (tertiary alicyclic amines) is 1. The van der Waals surface area contributed by atoms with Gasteiger partial charge in [0.2, 0.25) is 0 Å². The Morgan fingerprint density at radius 3 is 2.72 bits per heavy atom. The molecule has 102 valence electrons. The molecule has 1 heterocycles. The molecule has 1 N–H and O–H groups in total. The smallest absolute Gasteiger partial charge is 0.331 e. The largest absolute Gasteiger partial charge is 0.478 e. The second kappa shape index (κ2) is 6.37. The highest BCUT2D eigenvalue weighted by atomic mass is 16.4. The van der Waals surface area contributed by atoms with E-state index in [2.05, 4.69) is 4.90 Å². The molecular weight excluding hydrogens is 226 g/mol. The van der Waals surface area contributed by atoms with Crippen molar-refractivity contribution in [2.24, 2.45) is 5.92 Å². The van der Waals surface area contributed by atoms with Gasteiger partial charge in [-0.2, -0.15) is 0 Å². The number of carbonyl (C=O) groups is 1. The number of fused-ring (bicyclic) bond motifs is 1. The molecule has 1 aliphatic carbocycles. The van der Waals surface area contributed by atoms with Crippen LogP contribution in [-0.2, 0) is 4.79 Å². The molecule has 0 aromatic rings. The monoisotopic (exact) mass is 251 g/mol. The summed E-state index contributed by atoms with van der Waals surface area (Å²) < 4.78 is 0. The van der Waals surface area contributed by atoms with Crippen LogP contribution >= 0.6 is 0 Å². The standard InChI is InChI=1S/C15H25NO2/c1-2-12(15(17)18)9-11-16-10-5-7-13-6-3-4-8-14(13)16/h9,13-14H,2-8,10-11H2,1H3,(H,17,18). The van der Waals surface area contributed by atoms with E-state index in [1.807, 2.05) is 13.0 Å². The molecule has 2 rings (SSSR count). The lowest BCUT2D eigenvalue weighted by atomic mass is 9.78. The molecule has 2 unspecified atom stereocenters. The topological polar surface area (TPSA) is 40.5 Å². The Labute approximate surface area is 110 Å². The minimum atomic E-state index is -0.755. The van der Waals surface area contributed by atoms with Crippen molar-refractivity contribution in [3.05, 3.63) is 11.6 Å². The second-order valence-corrected chi connectivity index (χ2v) is 5.64. The highest BCUT2D eigenvalue weighted by molar-refractivity contribution is 5.86. The van der Waals surface area contributed by atoms with Gasteiger partial charge in [0.05, 0.1) is 0 Å². The molecule has 0 bridgehead atoms. The molecule has 2 atom stereocenters. The zero-order valence-electron chi connectivity index (χ0n) is 11.4. The van der Waals surface area contributed by atoms with E-state index in [1.54, 1.807) is 0 Å². The Morgan fingerprint density at radius 2 is 2.00 bits per heavy atom. The molecule has 1 saturated heterocycles. The number of piperidine rings is 1. The summed E-state index contributed by atoms with van der Waals surface area (Å²) in [6, 6.07) is 0.718. The van der Waals surface area contributed by atoms with Crippen LogP contribution in [0.1, 0.15) is 51.9 Å². The van der Waals surface area contributed by atoms with Gasteiger partial charge >= 0.3 is 5.97 Å². The summed E-state index contributed by atoms with van der Waals surface area (Å²) in [4.78, 5) is 13.5. The van der Waals surface area contributed by atoms with Gasteiger partial charge in [-0.25, -0.2) is 4.79 Å². The Hall–Kier alpha value is -0.830. The first kappa shape index (κ1) is 13.6. The summed E-state index contributed by atoms with van der Waals surface area (Å²) in [7, 11) is 0. The van der Waals surface area contributed by atoms with Crippen molar-refractivity contribution in [1.29, 1.82) is 0 Å². The highest BCUT2D eigenvalue weighted by Gasteiger charge is 2.32. The third kappa shape index (κ3) is 3.14. The molecule has 0 radical (unpaired) electrons. The molecule has 0 aromatic heterocycles. The lowest BCUT2D eigenvalue weighted by molar-refractivity contribution is -0.132. The summed E-state index contributed by atoms with van der Waals surface area (Å²) >= 11 is 0. The van der Waals surface area contributed by atoms with Gasteiger partial charge in [0, 0.05) is 18.2 Å². The summed E-state index contributed by atoms with van der Waals surface area (Å²) in [5.74, 6) is 0.116. The minimum absolute atomic E-state index is 0.563. The number of carboxylic acid groups (broad SMARTS) is 1. The summed E-state index contributed by atoms with van der Waals surface area (Å²) in [5.41, 5.74) is 0.563. The Balaban J connectivity index is 1.97. The van der Waals surface area contributed by atoms with E-state index in [4.69, 9.17) is 5.11 Å². The Kier molecular flexibility index (Phi) is 4.81. The normalized spacial score (nSPS) is 29.9. The number of carboxylic acids is 1. The fourth-order valence-electron chi connectivity index (χ4n) is 3.56. The van der Waals surface area contributed by atoms with Crippen molar-refractivity contribution in [1.82, 2.24) is 4.90 Å². The molecule has 2 fully saturated rings. The maximum absolute atomic E-state index is 11.0. The quantitative estimate of drug-likeness (QED) is 0.781. The highest BCUT2D eigenvalue weighted by Crippen LogP contribution is 2.35. The molecule has 18 heavy (non-hydrogen) atoms. The number of nitrogens with zero attached hydrogens (tertiary/aromatic N) is 1. The van der Waals surface area contributed by atoms with Crippen LogP contribution in [0.3, 0.4) is 0 Å². The van der Waals surface area contributed by atoms with Crippen LogP contribution < -0.4 is 0 Å². The molecule has 0 amide bonds. The molecule has 0 aromatic carbocycles. The van der Waals surface area contributed by atoms with Crippen LogP contribution in [0.2, 0.25) is 0 Å². The van der Waals surface area contributed by atoms with Gasteiger partial charge < -0.3 is 5.11 Å². The van der Waals surface area contributed by atoms with Gasteiger partial charge in [-0.05, 0) is 44.6 Å². The molecule has 3 nitrogen and oxygen atoms in total. The van der Waals surface area contributed by atoms with E-state index in [0.29, 0.717) is 12.0 Å². The summed E-state index contributed by atoms with van der Waals surface area (Å²) in [6.45, 7) is 3.89. The first-order valence-corrected chi connectivity index (χ1v) is 7.38. The van der Waals surface area contributed by atoms with Crippen molar-refractivity contribution < 1.29 is 9.90 Å². The SMILES string of the molecule is CCC(=CCN1CCCC2CCCCC21)C(=O)O. The third-order valence-electron chi connectivity index (χ3n) is 4.59. The summed E-state index contributed by atoms with van der Waals surface area (Å²) in [6.07, 6.45) is 10.6. The van der Waals surface area contributed by atoms with Crippen molar-refractivity contribution in [3.63, 3.8) is 0 Å². The Bertz CT molecular complexity index is 322. The number of aliphatic carboxylic acids is 1. The molecule has 2 aliphatic rings. The van der Waals surface area contributed by atoms with Crippen molar-refractivity contribution in [3.8, 4) is 0 Å². The van der Waals surface area contributed by atoms with Gasteiger partial charge in [0.25, 0.3) is 0 Å². The van der Waals surface area contributed by atoms with Crippen LogP contribution in [0.15, 0.2) is 11.6 Å². The van der Waals surface area contributed by atoms with E-state index in [1.165, 1.54) is 38.5 Å². The number of hydrogen-bond acceptors (Lipinski definition) is 2. The molecule has 1 aliphatic heterocycles. The fraction of sp³-hybridized carbons (Fsp3) is 0.800. The summed E-state index contributed by atoms with van der Waals surface area (Å²) in [5, 5.41) is 9.05. The van der Waals surface area contributed by atoms with Gasteiger partial charge in [-0.15, -0.1) is 0 Å². The van der Waals surface area contributed by atoms with E-state index in [9.17, 15) is 4.79 Å². The van der Waals surface area contributed by atoms with Crippen molar-refractivity contribution in [2.45, 2.75) is 57.9 Å². The zero-order chi connectivity index (χ0) is 13.0. The van der Waals surface area contributed by atoms with Gasteiger partial charge in [0.1, 0.15) is 0 Å². The van der Waals surface area contributed by atoms with Crippen molar-refractivity contribution >= 4 is 5.97 Å². The van der Waals surface area contributed by atoms with Gasteiger partial charge in [-0.3, -0.25) is 4.90 Å². The molecular formula is C15H25NO2. The van der Waals surface area contributed by atoms with Crippen LogP contribution in [0, 0.1) is 5.92 Å². The molecule has 0 spiro atoms. The number of hydrogen-bond donors (Lipinski definition) is 1. The van der Waals surface area contributed by atoms with Gasteiger partial charge in [-0.1, -0.05) is 25.8 Å². The third-order valence-corrected chi connectivity index (χ3v) is 4.59.